The number of hydrogen-bond acceptors (Lipinski definition) is 6. The van der Waals surface area contributed by atoms with Crippen molar-refractivity contribution in [2.45, 2.75) is 39.5 Å². The summed E-state index contributed by atoms with van der Waals surface area (Å²) in [5.41, 5.74) is 5.91. The van der Waals surface area contributed by atoms with E-state index >= 15 is 0 Å². The van der Waals surface area contributed by atoms with Gasteiger partial charge in [-0.15, -0.1) is 0 Å². The molecule has 0 atom stereocenters. The maximum atomic E-state index is 13.6. The molecule has 0 unspecified atom stereocenters. The fraction of sp³-hybridized carbons (Fsp3) is 0.240. The number of ketones is 1. The number of pyridine rings is 1. The molecule has 2 aromatic carbocycles. The van der Waals surface area contributed by atoms with E-state index in [2.05, 4.69) is 5.10 Å². The Morgan fingerprint density at radius 3 is 2.24 bits per heavy atom. The van der Waals surface area contributed by atoms with Crippen LogP contribution in [-0.4, -0.2) is 29.0 Å². The van der Waals surface area contributed by atoms with Crippen LogP contribution >= 0.6 is 0 Å². The molecule has 0 radical (unpaired) electrons. The van der Waals surface area contributed by atoms with Gasteiger partial charge in [0.15, 0.2) is 0 Å². The Morgan fingerprint density at radius 1 is 0.909 bits per heavy atom. The zero-order valence-corrected chi connectivity index (χ0v) is 20.2. The summed E-state index contributed by atoms with van der Waals surface area (Å²) in [6, 6.07) is 9.89. The highest BCUT2D eigenvalue weighted by molar-refractivity contribution is 7.87. The summed E-state index contributed by atoms with van der Waals surface area (Å²) in [7, 11) is -2.63. The van der Waals surface area contributed by atoms with Crippen molar-refractivity contribution in [2.24, 2.45) is 7.05 Å². The third-order valence-electron chi connectivity index (χ3n) is 6.02. The molecule has 0 amide bonds. The third kappa shape index (κ3) is 3.91. The first-order valence-corrected chi connectivity index (χ1v) is 11.9. The molecule has 33 heavy (non-hydrogen) atoms. The molecule has 2 heterocycles. The SMILES string of the molecule is Cc1ccc(S(=O)(=O)Oc2c(C(=O)c3ccc(C)c4c(C)c(C)c(C)nc34)cnn2C)cc1. The second-order valence-electron chi connectivity index (χ2n) is 8.27. The van der Waals surface area contributed by atoms with Gasteiger partial charge in [-0.05, 0) is 69.5 Å². The zero-order chi connectivity index (χ0) is 24.1. The van der Waals surface area contributed by atoms with E-state index in [-0.39, 0.29) is 16.3 Å². The van der Waals surface area contributed by atoms with Gasteiger partial charge in [0, 0.05) is 23.7 Å². The first-order chi connectivity index (χ1) is 15.5. The second kappa shape index (κ2) is 8.12. The van der Waals surface area contributed by atoms with Crippen LogP contribution < -0.4 is 4.18 Å². The van der Waals surface area contributed by atoms with E-state index < -0.39 is 15.9 Å². The van der Waals surface area contributed by atoms with Gasteiger partial charge in [-0.1, -0.05) is 23.8 Å². The maximum absolute atomic E-state index is 13.6. The van der Waals surface area contributed by atoms with Crippen LogP contribution in [0.25, 0.3) is 10.9 Å². The Labute approximate surface area is 193 Å². The van der Waals surface area contributed by atoms with Crippen molar-refractivity contribution >= 4 is 26.8 Å². The van der Waals surface area contributed by atoms with E-state index in [1.807, 2.05) is 40.7 Å². The lowest BCUT2D eigenvalue weighted by molar-refractivity contribution is 0.103. The molecular weight excluding hydrogens is 438 g/mol. The topological polar surface area (TPSA) is 91.2 Å². The summed E-state index contributed by atoms with van der Waals surface area (Å²) in [5, 5.41) is 5.01. The number of hydrogen-bond donors (Lipinski definition) is 0. The number of rotatable bonds is 5. The summed E-state index contributed by atoms with van der Waals surface area (Å²) in [6.45, 7) is 9.77. The Morgan fingerprint density at radius 2 is 1.58 bits per heavy atom. The van der Waals surface area contributed by atoms with Crippen LogP contribution in [0.4, 0.5) is 0 Å². The van der Waals surface area contributed by atoms with Crippen molar-refractivity contribution < 1.29 is 17.4 Å². The van der Waals surface area contributed by atoms with E-state index in [0.717, 1.165) is 33.3 Å². The van der Waals surface area contributed by atoms with Crippen LogP contribution in [0.15, 0.2) is 47.5 Å². The minimum Gasteiger partial charge on any atom is -0.358 e. The molecule has 0 saturated carbocycles. The van der Waals surface area contributed by atoms with Gasteiger partial charge in [-0.3, -0.25) is 9.78 Å². The minimum absolute atomic E-state index is 0.00289. The van der Waals surface area contributed by atoms with Crippen LogP contribution in [0.1, 0.15) is 43.9 Å². The number of aryl methyl sites for hydroxylation is 5. The Hall–Kier alpha value is -3.52. The van der Waals surface area contributed by atoms with Gasteiger partial charge in [0.05, 0.1) is 11.7 Å². The van der Waals surface area contributed by atoms with Crippen LogP contribution in [0, 0.1) is 34.6 Å². The van der Waals surface area contributed by atoms with Crippen molar-refractivity contribution in [3.63, 3.8) is 0 Å². The summed E-state index contributed by atoms with van der Waals surface area (Å²) in [5.74, 6) is -0.549. The summed E-state index contributed by atoms with van der Waals surface area (Å²) >= 11 is 0. The maximum Gasteiger partial charge on any atom is 0.340 e. The average molecular weight is 464 g/mol. The lowest BCUT2D eigenvalue weighted by Gasteiger charge is -2.14. The standard InChI is InChI=1S/C25H25N3O4S/c1-14-7-10-19(11-8-14)33(30,31)32-25-21(13-26-28(25)6)24(29)20-12-9-15(2)22-17(4)16(3)18(5)27-23(20)22/h7-13H,1-6H3. The molecule has 8 heteroatoms. The van der Waals surface area contributed by atoms with Crippen LogP contribution in [0.5, 0.6) is 5.88 Å². The fourth-order valence-corrected chi connectivity index (χ4v) is 4.83. The number of carbonyl (C=O) groups is 1. The predicted molar refractivity (Wildman–Crippen MR) is 126 cm³/mol. The molecule has 0 saturated heterocycles. The Kier molecular flexibility index (Phi) is 5.57. The molecule has 4 aromatic rings. The highest BCUT2D eigenvalue weighted by atomic mass is 32.2. The molecule has 0 N–H and O–H groups in total. The number of nitrogens with zero attached hydrogens (tertiary/aromatic N) is 3. The fourth-order valence-electron chi connectivity index (χ4n) is 3.86. The van der Waals surface area contributed by atoms with Gasteiger partial charge in [0.1, 0.15) is 10.5 Å². The van der Waals surface area contributed by atoms with Gasteiger partial charge < -0.3 is 4.18 Å². The first-order valence-electron chi connectivity index (χ1n) is 10.5. The van der Waals surface area contributed by atoms with Crippen molar-refractivity contribution in [3.8, 4) is 5.88 Å². The molecule has 0 spiro atoms. The highest BCUT2D eigenvalue weighted by Crippen LogP contribution is 2.31. The van der Waals surface area contributed by atoms with Gasteiger partial charge in [0.2, 0.25) is 11.7 Å². The summed E-state index contributed by atoms with van der Waals surface area (Å²) < 4.78 is 32.4. The molecule has 4 rings (SSSR count). The van der Waals surface area contributed by atoms with Crippen LogP contribution in [0.2, 0.25) is 0 Å². The molecule has 0 bridgehead atoms. The first kappa shape index (κ1) is 22.7. The Bertz CT molecular complexity index is 1520. The molecule has 0 fully saturated rings. The van der Waals surface area contributed by atoms with E-state index in [1.165, 1.54) is 30.1 Å². The lowest BCUT2D eigenvalue weighted by atomic mass is 9.94. The molecule has 7 nitrogen and oxygen atoms in total. The summed E-state index contributed by atoms with van der Waals surface area (Å²) in [6.07, 6.45) is 1.32. The largest absolute Gasteiger partial charge is 0.358 e. The quantitative estimate of drug-likeness (QED) is 0.319. The number of fused-ring (bicyclic) bond motifs is 1. The van der Waals surface area contributed by atoms with E-state index in [9.17, 15) is 13.2 Å². The normalized spacial score (nSPS) is 11.7. The van der Waals surface area contributed by atoms with Gasteiger partial charge in [0.25, 0.3) is 0 Å². The van der Waals surface area contributed by atoms with E-state index in [1.54, 1.807) is 18.2 Å². The molecule has 0 aliphatic carbocycles. The minimum atomic E-state index is -4.16. The summed E-state index contributed by atoms with van der Waals surface area (Å²) in [4.78, 5) is 18.3. The molecule has 0 aliphatic heterocycles. The van der Waals surface area contributed by atoms with E-state index in [4.69, 9.17) is 9.17 Å². The van der Waals surface area contributed by atoms with Crippen molar-refractivity contribution in [3.05, 3.63) is 81.7 Å². The van der Waals surface area contributed by atoms with Crippen molar-refractivity contribution in [1.82, 2.24) is 14.8 Å². The Balaban J connectivity index is 1.83. The molecular formula is C25H25N3O4S. The number of benzene rings is 2. The average Bonchev–Trinajstić information content (AvgIpc) is 3.11. The molecule has 2 aromatic heterocycles. The van der Waals surface area contributed by atoms with Crippen molar-refractivity contribution in [1.29, 1.82) is 0 Å². The second-order valence-corrected chi connectivity index (χ2v) is 9.81. The van der Waals surface area contributed by atoms with Gasteiger partial charge >= 0.3 is 10.1 Å². The monoisotopic (exact) mass is 463 g/mol. The zero-order valence-electron chi connectivity index (χ0n) is 19.4. The molecule has 0 aliphatic rings. The smallest absolute Gasteiger partial charge is 0.340 e. The molecule has 170 valence electrons. The third-order valence-corrected chi connectivity index (χ3v) is 7.24. The van der Waals surface area contributed by atoms with Crippen molar-refractivity contribution in [2.75, 3.05) is 0 Å². The van der Waals surface area contributed by atoms with Crippen LogP contribution in [0.3, 0.4) is 0 Å². The van der Waals surface area contributed by atoms with Gasteiger partial charge in [-0.25, -0.2) is 4.68 Å². The van der Waals surface area contributed by atoms with E-state index in [0.29, 0.717) is 11.1 Å². The van der Waals surface area contributed by atoms with Gasteiger partial charge in [-0.2, -0.15) is 13.5 Å². The number of carbonyl (C=O) groups excluding carboxylic acids is 1. The highest BCUT2D eigenvalue weighted by Gasteiger charge is 2.27. The lowest BCUT2D eigenvalue weighted by Crippen LogP contribution is -2.15. The van der Waals surface area contributed by atoms with Crippen LogP contribution in [-0.2, 0) is 17.2 Å². The number of aromatic nitrogens is 3. The predicted octanol–water partition coefficient (Wildman–Crippen LogP) is 4.51.